The number of carboxylic acid groups (broad SMARTS) is 1. The van der Waals surface area contributed by atoms with Crippen LogP contribution in [0.5, 0.6) is 0 Å². The summed E-state index contributed by atoms with van der Waals surface area (Å²) in [5.74, 6) is -1.08. The molecule has 1 aromatic carbocycles. The minimum absolute atomic E-state index is 0.163. The molecule has 0 heterocycles. The maximum atomic E-state index is 10.5. The first kappa shape index (κ1) is 11.7. The van der Waals surface area contributed by atoms with E-state index in [-0.39, 0.29) is 6.42 Å². The van der Waals surface area contributed by atoms with E-state index in [0.717, 1.165) is 0 Å². The van der Waals surface area contributed by atoms with E-state index in [1.807, 2.05) is 0 Å². The van der Waals surface area contributed by atoms with Gasteiger partial charge in [-0.2, -0.15) is 0 Å². The van der Waals surface area contributed by atoms with E-state index < -0.39 is 19.1 Å². The molecule has 5 nitrogen and oxygen atoms in total. The van der Waals surface area contributed by atoms with Gasteiger partial charge in [0.1, 0.15) is 6.04 Å². The molecule has 15 heavy (non-hydrogen) atoms. The highest BCUT2D eigenvalue weighted by molar-refractivity contribution is 6.58. The predicted octanol–water partition coefficient (Wildman–Crippen LogP) is -1.68. The van der Waals surface area contributed by atoms with Crippen molar-refractivity contribution in [1.82, 2.24) is 0 Å². The lowest BCUT2D eigenvalue weighted by atomic mass is 9.79. The van der Waals surface area contributed by atoms with E-state index in [4.69, 9.17) is 20.9 Å². The molecule has 5 N–H and O–H groups in total. The van der Waals surface area contributed by atoms with Crippen LogP contribution in [0.2, 0.25) is 0 Å². The lowest BCUT2D eigenvalue weighted by molar-refractivity contribution is -0.138. The van der Waals surface area contributed by atoms with E-state index >= 15 is 0 Å². The fraction of sp³-hybridized carbons (Fsp3) is 0.222. The summed E-state index contributed by atoms with van der Waals surface area (Å²) in [5, 5.41) is 26.4. The first-order valence-electron chi connectivity index (χ1n) is 4.44. The number of carbonyl (C=O) groups is 1. The summed E-state index contributed by atoms with van der Waals surface area (Å²) >= 11 is 0. The standard InChI is InChI=1S/C9H12BNO4/c11-8(9(12)13)5-6-2-1-3-7(4-6)10(14)15/h1-4,8,14-15H,5,11H2,(H,12,13)/t8-/m1/s1. The highest BCUT2D eigenvalue weighted by Crippen LogP contribution is 2.01. The lowest BCUT2D eigenvalue weighted by Gasteiger charge is -2.07. The minimum atomic E-state index is -1.55. The van der Waals surface area contributed by atoms with Crippen molar-refractivity contribution in [3.05, 3.63) is 29.8 Å². The molecule has 0 saturated carbocycles. The molecule has 0 aliphatic carbocycles. The van der Waals surface area contributed by atoms with E-state index in [9.17, 15) is 4.79 Å². The van der Waals surface area contributed by atoms with Crippen LogP contribution in [-0.4, -0.2) is 34.3 Å². The summed E-state index contributed by atoms with van der Waals surface area (Å²) in [4.78, 5) is 10.5. The van der Waals surface area contributed by atoms with Crippen LogP contribution in [0, 0.1) is 0 Å². The third kappa shape index (κ3) is 3.36. The summed E-state index contributed by atoms with van der Waals surface area (Å²) in [6, 6.07) is 5.40. The Hall–Kier alpha value is -1.37. The lowest BCUT2D eigenvalue weighted by Crippen LogP contribution is -2.34. The Morgan fingerprint density at radius 3 is 2.67 bits per heavy atom. The van der Waals surface area contributed by atoms with Crippen molar-refractivity contribution in [3.8, 4) is 0 Å². The van der Waals surface area contributed by atoms with Crippen LogP contribution in [0.4, 0.5) is 0 Å². The molecule has 0 radical (unpaired) electrons. The fourth-order valence-corrected chi connectivity index (χ4v) is 1.22. The molecule has 0 bridgehead atoms. The predicted molar refractivity (Wildman–Crippen MR) is 55.6 cm³/mol. The van der Waals surface area contributed by atoms with Gasteiger partial charge in [-0.1, -0.05) is 24.3 Å². The van der Waals surface area contributed by atoms with Gasteiger partial charge in [-0.3, -0.25) is 4.79 Å². The van der Waals surface area contributed by atoms with Crippen molar-refractivity contribution < 1.29 is 19.9 Å². The topological polar surface area (TPSA) is 104 Å². The molecule has 6 heteroatoms. The van der Waals surface area contributed by atoms with Gasteiger partial charge in [0, 0.05) is 0 Å². The molecule has 1 atom stereocenters. The summed E-state index contributed by atoms with van der Waals surface area (Å²) in [7, 11) is -1.55. The molecule has 0 fully saturated rings. The first-order chi connectivity index (χ1) is 7.00. The van der Waals surface area contributed by atoms with Crippen molar-refractivity contribution in [3.63, 3.8) is 0 Å². The molecule has 1 rings (SSSR count). The number of nitrogens with two attached hydrogens (primary N) is 1. The van der Waals surface area contributed by atoms with Gasteiger partial charge in [-0.05, 0) is 17.4 Å². The van der Waals surface area contributed by atoms with Crippen LogP contribution >= 0.6 is 0 Å². The van der Waals surface area contributed by atoms with Gasteiger partial charge in [-0.25, -0.2) is 0 Å². The maximum absolute atomic E-state index is 10.5. The van der Waals surface area contributed by atoms with Gasteiger partial charge in [0.05, 0.1) is 0 Å². The largest absolute Gasteiger partial charge is 0.488 e. The SMILES string of the molecule is N[C@H](Cc1cccc(B(O)O)c1)C(=O)O. The summed E-state index contributed by atoms with van der Waals surface area (Å²) in [6.07, 6.45) is 0.163. The number of aliphatic carboxylic acids is 1. The smallest absolute Gasteiger partial charge is 0.480 e. The highest BCUT2D eigenvalue weighted by Gasteiger charge is 2.14. The zero-order valence-corrected chi connectivity index (χ0v) is 8.00. The number of benzene rings is 1. The number of hydrogen-bond acceptors (Lipinski definition) is 4. The molecule has 0 saturated heterocycles. The van der Waals surface area contributed by atoms with Crippen molar-refractivity contribution in [1.29, 1.82) is 0 Å². The molecule has 1 aromatic rings. The average molecular weight is 209 g/mol. The van der Waals surface area contributed by atoms with Crippen LogP contribution in [-0.2, 0) is 11.2 Å². The Labute approximate surface area is 87.3 Å². The third-order valence-electron chi connectivity index (χ3n) is 2.02. The van der Waals surface area contributed by atoms with Crippen molar-refractivity contribution in [2.24, 2.45) is 5.73 Å². The molecule has 0 aliphatic rings. The van der Waals surface area contributed by atoms with Gasteiger partial charge >= 0.3 is 13.1 Å². The van der Waals surface area contributed by atoms with Crippen molar-refractivity contribution in [2.45, 2.75) is 12.5 Å². The van der Waals surface area contributed by atoms with Crippen molar-refractivity contribution >= 4 is 18.6 Å². The molecule has 0 aliphatic heterocycles. The average Bonchev–Trinajstić information content (AvgIpc) is 2.18. The highest BCUT2D eigenvalue weighted by atomic mass is 16.4. The van der Waals surface area contributed by atoms with E-state index in [0.29, 0.717) is 11.0 Å². The maximum Gasteiger partial charge on any atom is 0.488 e. The summed E-state index contributed by atoms with van der Waals surface area (Å²) in [6.45, 7) is 0. The number of carboxylic acids is 1. The normalized spacial score (nSPS) is 12.2. The summed E-state index contributed by atoms with van der Waals surface area (Å²) < 4.78 is 0. The molecule has 0 aromatic heterocycles. The van der Waals surface area contributed by atoms with Gasteiger partial charge in [0.2, 0.25) is 0 Å². The van der Waals surface area contributed by atoms with Crippen molar-refractivity contribution in [2.75, 3.05) is 0 Å². The van der Waals surface area contributed by atoms with Crippen LogP contribution < -0.4 is 11.2 Å². The third-order valence-corrected chi connectivity index (χ3v) is 2.02. The van der Waals surface area contributed by atoms with Crippen LogP contribution in [0.3, 0.4) is 0 Å². The van der Waals surface area contributed by atoms with Gasteiger partial charge in [0.15, 0.2) is 0 Å². The summed E-state index contributed by atoms with van der Waals surface area (Å²) in [5.41, 5.74) is 6.34. The van der Waals surface area contributed by atoms with E-state index in [2.05, 4.69) is 0 Å². The van der Waals surface area contributed by atoms with Gasteiger partial charge in [0.25, 0.3) is 0 Å². The van der Waals surface area contributed by atoms with E-state index in [1.54, 1.807) is 18.2 Å². The molecule has 0 amide bonds. The fourth-order valence-electron chi connectivity index (χ4n) is 1.22. The van der Waals surface area contributed by atoms with Gasteiger partial charge in [-0.15, -0.1) is 0 Å². The zero-order chi connectivity index (χ0) is 11.4. The Kier molecular flexibility index (Phi) is 3.84. The Morgan fingerprint density at radius 1 is 1.47 bits per heavy atom. The minimum Gasteiger partial charge on any atom is -0.480 e. The molecule has 0 spiro atoms. The monoisotopic (exact) mass is 209 g/mol. The zero-order valence-electron chi connectivity index (χ0n) is 8.00. The van der Waals surface area contributed by atoms with Gasteiger partial charge < -0.3 is 20.9 Å². The van der Waals surface area contributed by atoms with Crippen LogP contribution in [0.15, 0.2) is 24.3 Å². The Bertz CT molecular complexity index is 356. The Morgan fingerprint density at radius 2 is 2.13 bits per heavy atom. The second kappa shape index (κ2) is 4.93. The van der Waals surface area contributed by atoms with Crippen LogP contribution in [0.1, 0.15) is 5.56 Å². The molecular weight excluding hydrogens is 197 g/mol. The van der Waals surface area contributed by atoms with Crippen LogP contribution in [0.25, 0.3) is 0 Å². The second-order valence-corrected chi connectivity index (χ2v) is 3.27. The molecule has 0 unspecified atom stereocenters. The Balaban J connectivity index is 2.78. The number of hydrogen-bond donors (Lipinski definition) is 4. The second-order valence-electron chi connectivity index (χ2n) is 3.27. The molecule has 80 valence electrons. The first-order valence-corrected chi connectivity index (χ1v) is 4.44. The molecular formula is C9H12BNO4. The number of rotatable bonds is 4. The van der Waals surface area contributed by atoms with E-state index in [1.165, 1.54) is 6.07 Å². The quantitative estimate of drug-likeness (QED) is 0.443.